The third-order valence-electron chi connectivity index (χ3n) is 4.57. The molecule has 0 bridgehead atoms. The van der Waals surface area contributed by atoms with Crippen LogP contribution in [0, 0.1) is 0 Å². The Labute approximate surface area is 152 Å². The first kappa shape index (κ1) is 18.2. The number of hydrogen-bond donors (Lipinski definition) is 4. The van der Waals surface area contributed by atoms with Crippen LogP contribution in [0.15, 0.2) is 30.3 Å². The molecule has 0 amide bonds. The van der Waals surface area contributed by atoms with Crippen LogP contribution in [0.3, 0.4) is 0 Å². The van der Waals surface area contributed by atoms with E-state index in [-0.39, 0.29) is 29.1 Å². The van der Waals surface area contributed by atoms with Crippen LogP contribution in [0.2, 0.25) is 0 Å². The molecular formula is C20H24O6. The second kappa shape index (κ2) is 7.74. The fourth-order valence-electron chi connectivity index (χ4n) is 3.18. The number of rotatable bonds is 6. The van der Waals surface area contributed by atoms with Gasteiger partial charge in [0.05, 0.1) is 0 Å². The van der Waals surface area contributed by atoms with E-state index in [9.17, 15) is 20.4 Å². The molecule has 0 saturated carbocycles. The summed E-state index contributed by atoms with van der Waals surface area (Å²) in [6.45, 7) is 2.68. The standard InChI is InChI=1S/C20H24O6/c1-2-3-4-7-25-19-11-14-16(23)9-13(21)10-18(14)26-20(19)12-5-6-15(22)17(24)8-12/h5-6,8-10,19-24H,2-4,7,11H2,1H3/t19-,20+/m0/s1. The minimum atomic E-state index is -0.531. The molecule has 0 radical (unpaired) electrons. The van der Waals surface area contributed by atoms with Crippen LogP contribution in [0.5, 0.6) is 28.7 Å². The Morgan fingerprint density at radius 3 is 2.54 bits per heavy atom. The third kappa shape index (κ3) is 3.80. The van der Waals surface area contributed by atoms with Crippen molar-refractivity contribution in [1.29, 1.82) is 0 Å². The molecular weight excluding hydrogens is 336 g/mol. The summed E-state index contributed by atoms with van der Waals surface area (Å²) in [6, 6.07) is 7.24. The lowest BCUT2D eigenvalue weighted by Gasteiger charge is -2.34. The average Bonchev–Trinajstić information content (AvgIpc) is 2.61. The van der Waals surface area contributed by atoms with Gasteiger partial charge in [-0.3, -0.25) is 0 Å². The molecule has 0 aliphatic carbocycles. The molecule has 0 spiro atoms. The number of ether oxygens (including phenoxy) is 2. The first-order valence-electron chi connectivity index (χ1n) is 8.84. The van der Waals surface area contributed by atoms with E-state index in [1.807, 2.05) is 0 Å². The molecule has 0 aromatic heterocycles. The van der Waals surface area contributed by atoms with Gasteiger partial charge in [-0.15, -0.1) is 0 Å². The number of phenolic OH excluding ortho intramolecular Hbond substituents is 4. The second-order valence-corrected chi connectivity index (χ2v) is 6.55. The van der Waals surface area contributed by atoms with E-state index in [0.29, 0.717) is 29.9 Å². The predicted molar refractivity (Wildman–Crippen MR) is 95.9 cm³/mol. The van der Waals surface area contributed by atoms with Gasteiger partial charge in [0.15, 0.2) is 17.6 Å². The van der Waals surface area contributed by atoms with Crippen molar-refractivity contribution in [3.05, 3.63) is 41.5 Å². The summed E-state index contributed by atoms with van der Waals surface area (Å²) in [6.07, 6.45) is 2.60. The van der Waals surface area contributed by atoms with Crippen molar-refractivity contribution in [2.45, 2.75) is 44.8 Å². The Morgan fingerprint density at radius 1 is 1.00 bits per heavy atom. The lowest BCUT2D eigenvalue weighted by molar-refractivity contribution is -0.0393. The number of unbranched alkanes of at least 4 members (excludes halogenated alkanes) is 2. The number of fused-ring (bicyclic) bond motifs is 1. The molecule has 6 nitrogen and oxygen atoms in total. The molecule has 2 atom stereocenters. The highest BCUT2D eigenvalue weighted by Crippen LogP contribution is 2.43. The minimum Gasteiger partial charge on any atom is -0.508 e. The Kier molecular flexibility index (Phi) is 5.42. The molecule has 1 heterocycles. The Bertz CT molecular complexity index is 773. The number of benzene rings is 2. The van der Waals surface area contributed by atoms with Gasteiger partial charge in [0, 0.05) is 30.7 Å². The summed E-state index contributed by atoms with van der Waals surface area (Å²) in [7, 11) is 0. The van der Waals surface area contributed by atoms with Gasteiger partial charge in [-0.25, -0.2) is 0 Å². The smallest absolute Gasteiger partial charge is 0.157 e. The molecule has 26 heavy (non-hydrogen) atoms. The number of hydrogen-bond acceptors (Lipinski definition) is 6. The summed E-state index contributed by atoms with van der Waals surface area (Å²) in [5.41, 5.74) is 1.23. The zero-order valence-corrected chi connectivity index (χ0v) is 14.7. The van der Waals surface area contributed by atoms with Gasteiger partial charge in [0.25, 0.3) is 0 Å². The quantitative estimate of drug-likeness (QED) is 0.462. The van der Waals surface area contributed by atoms with Crippen LogP contribution in [-0.4, -0.2) is 33.1 Å². The normalized spacial score (nSPS) is 19.0. The molecule has 2 aromatic rings. The largest absolute Gasteiger partial charge is 0.508 e. The molecule has 2 aromatic carbocycles. The summed E-state index contributed by atoms with van der Waals surface area (Å²) < 4.78 is 12.0. The lowest BCUT2D eigenvalue weighted by Crippen LogP contribution is -2.33. The molecule has 0 fully saturated rings. The molecule has 3 rings (SSSR count). The van der Waals surface area contributed by atoms with Crippen LogP contribution >= 0.6 is 0 Å². The predicted octanol–water partition coefficient (Wildman–Crippen LogP) is 3.76. The summed E-state index contributed by atoms with van der Waals surface area (Å²) in [5, 5.41) is 39.2. The third-order valence-corrected chi connectivity index (χ3v) is 4.57. The van der Waals surface area contributed by atoms with Gasteiger partial charge in [-0.2, -0.15) is 0 Å². The maximum Gasteiger partial charge on any atom is 0.157 e. The molecule has 1 aliphatic heterocycles. The van der Waals surface area contributed by atoms with Crippen molar-refractivity contribution in [2.75, 3.05) is 6.61 Å². The summed E-state index contributed by atoms with van der Waals surface area (Å²) in [4.78, 5) is 0. The average molecular weight is 360 g/mol. The van der Waals surface area contributed by atoms with Crippen molar-refractivity contribution in [2.24, 2.45) is 0 Å². The highest BCUT2D eigenvalue weighted by atomic mass is 16.5. The van der Waals surface area contributed by atoms with Crippen LogP contribution < -0.4 is 4.74 Å². The van der Waals surface area contributed by atoms with Crippen molar-refractivity contribution >= 4 is 0 Å². The maximum atomic E-state index is 10.1. The van der Waals surface area contributed by atoms with E-state index in [2.05, 4.69) is 6.92 Å². The zero-order chi connectivity index (χ0) is 18.7. The van der Waals surface area contributed by atoms with Crippen molar-refractivity contribution in [3.63, 3.8) is 0 Å². The van der Waals surface area contributed by atoms with E-state index in [4.69, 9.17) is 9.47 Å². The van der Waals surface area contributed by atoms with Gasteiger partial charge in [0.2, 0.25) is 0 Å². The first-order valence-corrected chi connectivity index (χ1v) is 8.84. The van der Waals surface area contributed by atoms with Gasteiger partial charge in [0.1, 0.15) is 23.4 Å². The van der Waals surface area contributed by atoms with Crippen LogP contribution in [-0.2, 0) is 11.2 Å². The van der Waals surface area contributed by atoms with Crippen LogP contribution in [0.1, 0.15) is 43.4 Å². The fraction of sp³-hybridized carbons (Fsp3) is 0.400. The second-order valence-electron chi connectivity index (χ2n) is 6.55. The van der Waals surface area contributed by atoms with E-state index >= 15 is 0 Å². The number of aromatic hydroxyl groups is 4. The topological polar surface area (TPSA) is 99.4 Å². The van der Waals surface area contributed by atoms with Gasteiger partial charge in [-0.05, 0) is 24.1 Å². The summed E-state index contributed by atoms with van der Waals surface area (Å²) >= 11 is 0. The van der Waals surface area contributed by atoms with Gasteiger partial charge in [-0.1, -0.05) is 25.8 Å². The molecule has 4 N–H and O–H groups in total. The monoisotopic (exact) mass is 360 g/mol. The maximum absolute atomic E-state index is 10.1. The summed E-state index contributed by atoms with van der Waals surface area (Å²) in [5.74, 6) is -0.181. The molecule has 0 unspecified atom stereocenters. The highest BCUT2D eigenvalue weighted by molar-refractivity contribution is 5.52. The SMILES string of the molecule is CCCCCO[C@H]1Cc2c(O)cc(O)cc2O[C@@H]1c1ccc(O)c(O)c1. The fourth-order valence-corrected chi connectivity index (χ4v) is 3.18. The van der Waals surface area contributed by atoms with E-state index in [1.54, 1.807) is 6.07 Å². The van der Waals surface area contributed by atoms with E-state index < -0.39 is 6.10 Å². The van der Waals surface area contributed by atoms with Crippen molar-refractivity contribution in [3.8, 4) is 28.7 Å². The molecule has 1 aliphatic rings. The first-order chi connectivity index (χ1) is 12.5. The highest BCUT2D eigenvalue weighted by Gasteiger charge is 2.34. The van der Waals surface area contributed by atoms with E-state index in [0.717, 1.165) is 19.3 Å². The van der Waals surface area contributed by atoms with Gasteiger partial charge >= 0.3 is 0 Å². The Hall–Kier alpha value is -2.60. The number of phenols is 4. The van der Waals surface area contributed by atoms with Gasteiger partial charge < -0.3 is 29.9 Å². The molecule has 140 valence electrons. The molecule has 0 saturated heterocycles. The Morgan fingerprint density at radius 2 is 1.81 bits per heavy atom. The zero-order valence-electron chi connectivity index (χ0n) is 14.7. The molecule has 6 heteroatoms. The van der Waals surface area contributed by atoms with Crippen molar-refractivity contribution < 1.29 is 29.9 Å². The lowest BCUT2D eigenvalue weighted by atomic mass is 9.93. The Balaban J connectivity index is 1.90. The van der Waals surface area contributed by atoms with E-state index in [1.165, 1.54) is 24.3 Å². The minimum absolute atomic E-state index is 0.0332. The van der Waals surface area contributed by atoms with Crippen LogP contribution in [0.4, 0.5) is 0 Å². The van der Waals surface area contributed by atoms with Crippen LogP contribution in [0.25, 0.3) is 0 Å². The van der Waals surface area contributed by atoms with Crippen molar-refractivity contribution in [1.82, 2.24) is 0 Å².